The topological polar surface area (TPSA) is 101 Å². The third-order valence-corrected chi connectivity index (χ3v) is 8.48. The van der Waals surface area contributed by atoms with E-state index in [1.165, 1.54) is 0 Å². The predicted molar refractivity (Wildman–Crippen MR) is 153 cm³/mol. The molecule has 5 heterocycles. The second-order valence-electron chi connectivity index (χ2n) is 9.89. The van der Waals surface area contributed by atoms with Crippen LogP contribution in [-0.4, -0.2) is 71.1 Å². The highest BCUT2D eigenvalue weighted by Crippen LogP contribution is 2.38. The number of likely N-dealkylation sites (tertiary alicyclic amines) is 1. The average molecular weight is 543 g/mol. The summed E-state index contributed by atoms with van der Waals surface area (Å²) in [5.74, 6) is 1.46. The number of morpholine rings is 1. The third-order valence-electron chi connectivity index (χ3n) is 7.31. The molecule has 3 aromatic heterocycles. The average Bonchev–Trinajstić information content (AvgIpc) is 3.42. The van der Waals surface area contributed by atoms with Crippen LogP contribution >= 0.6 is 11.3 Å². The minimum absolute atomic E-state index is 0.0142. The minimum Gasteiger partial charge on any atom is -0.378 e. The Kier molecular flexibility index (Phi) is 7.21. The van der Waals surface area contributed by atoms with Crippen molar-refractivity contribution in [3.63, 3.8) is 0 Å². The number of nitrogens with one attached hydrogen (secondary N) is 1. The lowest BCUT2D eigenvalue weighted by molar-refractivity contribution is -0.132. The number of pyridine rings is 1. The number of carbonyl (C=O) groups is 2. The van der Waals surface area contributed by atoms with Gasteiger partial charge in [0.25, 0.3) is 0 Å². The molecule has 0 radical (unpaired) electrons. The maximum Gasteiger partial charge on any atom is 0.227 e. The Morgan fingerprint density at radius 3 is 2.54 bits per heavy atom. The van der Waals surface area contributed by atoms with Crippen LogP contribution in [0.25, 0.3) is 32.0 Å². The van der Waals surface area contributed by atoms with Gasteiger partial charge in [-0.25, -0.2) is 9.97 Å². The Hall–Kier alpha value is -3.89. The van der Waals surface area contributed by atoms with Gasteiger partial charge in [0.05, 0.1) is 23.4 Å². The van der Waals surface area contributed by atoms with Crippen molar-refractivity contribution in [3.05, 3.63) is 54.9 Å². The van der Waals surface area contributed by atoms with E-state index in [9.17, 15) is 9.59 Å². The molecule has 0 unspecified atom stereocenters. The molecule has 10 heteroatoms. The van der Waals surface area contributed by atoms with Gasteiger partial charge in [-0.2, -0.15) is 0 Å². The SMILES string of the molecule is CC(=O)N1CCC(C(=O)Nc2cccc(-c3nc(N4CCOCC4)c4sc(-c5cccnc5)cc4n3)c2)CC1. The molecule has 2 aliphatic rings. The smallest absolute Gasteiger partial charge is 0.227 e. The van der Waals surface area contributed by atoms with Crippen molar-refractivity contribution in [2.75, 3.05) is 49.6 Å². The van der Waals surface area contributed by atoms with Gasteiger partial charge in [0.2, 0.25) is 11.8 Å². The lowest BCUT2D eigenvalue weighted by atomic mass is 9.95. The second kappa shape index (κ2) is 11.1. The maximum absolute atomic E-state index is 13.0. The number of thiophene rings is 1. The Labute approximate surface area is 230 Å². The van der Waals surface area contributed by atoms with E-state index in [1.54, 1.807) is 29.4 Å². The molecule has 0 atom stereocenters. The van der Waals surface area contributed by atoms with Crippen molar-refractivity contribution in [3.8, 4) is 21.8 Å². The summed E-state index contributed by atoms with van der Waals surface area (Å²) in [7, 11) is 0. The second-order valence-corrected chi connectivity index (χ2v) is 10.9. The van der Waals surface area contributed by atoms with Gasteiger partial charge in [0.1, 0.15) is 0 Å². The van der Waals surface area contributed by atoms with Crippen LogP contribution in [0.1, 0.15) is 19.8 Å². The first kappa shape index (κ1) is 25.4. The summed E-state index contributed by atoms with van der Waals surface area (Å²) in [6.07, 6.45) is 4.98. The fraction of sp³-hybridized carbons (Fsp3) is 0.345. The van der Waals surface area contributed by atoms with Gasteiger partial charge >= 0.3 is 0 Å². The number of nitrogens with zero attached hydrogens (tertiary/aromatic N) is 5. The molecule has 0 saturated carbocycles. The Bertz CT molecular complexity index is 1490. The Morgan fingerprint density at radius 2 is 1.79 bits per heavy atom. The van der Waals surface area contributed by atoms with Crippen LogP contribution in [0.5, 0.6) is 0 Å². The van der Waals surface area contributed by atoms with E-state index >= 15 is 0 Å². The highest BCUT2D eigenvalue weighted by Gasteiger charge is 2.26. The van der Waals surface area contributed by atoms with Gasteiger partial charge in [-0.1, -0.05) is 18.2 Å². The van der Waals surface area contributed by atoms with E-state index < -0.39 is 0 Å². The molecular formula is C29H30N6O3S. The van der Waals surface area contributed by atoms with E-state index in [-0.39, 0.29) is 17.7 Å². The van der Waals surface area contributed by atoms with Crippen LogP contribution in [-0.2, 0) is 14.3 Å². The zero-order valence-electron chi connectivity index (χ0n) is 21.8. The lowest BCUT2D eigenvalue weighted by Gasteiger charge is -2.30. The monoisotopic (exact) mass is 542 g/mol. The van der Waals surface area contributed by atoms with E-state index in [1.807, 2.05) is 36.5 Å². The van der Waals surface area contributed by atoms with Crippen molar-refractivity contribution >= 4 is 44.9 Å². The van der Waals surface area contributed by atoms with Crippen LogP contribution in [0.4, 0.5) is 11.5 Å². The fourth-order valence-corrected chi connectivity index (χ4v) is 6.23. The zero-order valence-corrected chi connectivity index (χ0v) is 22.6. The molecule has 0 spiro atoms. The first-order valence-corrected chi connectivity index (χ1v) is 14.1. The number of rotatable bonds is 5. The summed E-state index contributed by atoms with van der Waals surface area (Å²) in [6.45, 7) is 5.67. The number of benzene rings is 1. The molecule has 2 aliphatic heterocycles. The largest absolute Gasteiger partial charge is 0.378 e. The van der Waals surface area contributed by atoms with Gasteiger partial charge in [-0.05, 0) is 37.1 Å². The number of hydrogen-bond acceptors (Lipinski definition) is 8. The molecule has 39 heavy (non-hydrogen) atoms. The number of anilines is 2. The van der Waals surface area contributed by atoms with Crippen molar-refractivity contribution in [1.82, 2.24) is 19.9 Å². The molecule has 200 valence electrons. The molecule has 2 fully saturated rings. The van der Waals surface area contributed by atoms with Crippen LogP contribution < -0.4 is 10.2 Å². The molecule has 1 N–H and O–H groups in total. The van der Waals surface area contributed by atoms with Gasteiger partial charge in [-0.15, -0.1) is 11.3 Å². The van der Waals surface area contributed by atoms with E-state index in [0.29, 0.717) is 50.7 Å². The van der Waals surface area contributed by atoms with Gasteiger partial charge in [0, 0.05) is 73.1 Å². The van der Waals surface area contributed by atoms with Crippen LogP contribution in [0.3, 0.4) is 0 Å². The van der Waals surface area contributed by atoms with Gasteiger partial charge < -0.3 is 19.9 Å². The number of aromatic nitrogens is 3. The number of fused-ring (bicyclic) bond motifs is 1. The summed E-state index contributed by atoms with van der Waals surface area (Å²) < 4.78 is 6.64. The van der Waals surface area contributed by atoms with Crippen molar-refractivity contribution in [2.24, 2.45) is 5.92 Å². The van der Waals surface area contributed by atoms with Crippen molar-refractivity contribution in [1.29, 1.82) is 0 Å². The van der Waals surface area contributed by atoms with E-state index in [0.717, 1.165) is 45.1 Å². The quantitative estimate of drug-likeness (QED) is 0.398. The number of ether oxygens (including phenoxy) is 1. The molecule has 9 nitrogen and oxygen atoms in total. The normalized spacial score (nSPS) is 16.4. The summed E-state index contributed by atoms with van der Waals surface area (Å²) >= 11 is 1.67. The molecule has 0 bridgehead atoms. The third kappa shape index (κ3) is 5.48. The van der Waals surface area contributed by atoms with Gasteiger partial charge in [0.15, 0.2) is 11.6 Å². The highest BCUT2D eigenvalue weighted by molar-refractivity contribution is 7.22. The molecule has 2 amide bonds. The van der Waals surface area contributed by atoms with Crippen molar-refractivity contribution < 1.29 is 14.3 Å². The van der Waals surface area contributed by atoms with Crippen LogP contribution in [0.15, 0.2) is 54.9 Å². The molecule has 1 aromatic carbocycles. The molecule has 4 aromatic rings. The van der Waals surface area contributed by atoms with Gasteiger partial charge in [-0.3, -0.25) is 14.6 Å². The van der Waals surface area contributed by atoms with E-state index in [4.69, 9.17) is 14.7 Å². The molecule has 0 aliphatic carbocycles. The first-order chi connectivity index (χ1) is 19.0. The summed E-state index contributed by atoms with van der Waals surface area (Å²) in [6, 6.07) is 13.8. The zero-order chi connectivity index (χ0) is 26.8. The Balaban J connectivity index is 1.30. The molecule has 2 saturated heterocycles. The highest BCUT2D eigenvalue weighted by atomic mass is 32.1. The minimum atomic E-state index is -0.110. The standard InChI is InChI=1S/C29H30N6O3S/c1-19(36)34-10-7-20(8-11-34)29(37)31-23-6-2-4-21(16-23)27-32-24-17-25(22-5-3-9-30-18-22)39-26(24)28(33-27)35-12-14-38-15-13-35/h2-6,9,16-18,20H,7-8,10-15H2,1H3,(H,31,37). The fourth-order valence-electron chi connectivity index (χ4n) is 5.12. The van der Waals surface area contributed by atoms with Crippen LogP contribution in [0, 0.1) is 5.92 Å². The summed E-state index contributed by atoms with van der Waals surface area (Å²) in [5.41, 5.74) is 3.49. The molecular weight excluding hydrogens is 512 g/mol. The van der Waals surface area contributed by atoms with Crippen molar-refractivity contribution in [2.45, 2.75) is 19.8 Å². The number of amides is 2. The first-order valence-electron chi connectivity index (χ1n) is 13.3. The number of carbonyl (C=O) groups excluding carboxylic acids is 2. The van der Waals surface area contributed by atoms with Crippen LogP contribution in [0.2, 0.25) is 0 Å². The molecule has 6 rings (SSSR count). The number of hydrogen-bond donors (Lipinski definition) is 1. The lowest BCUT2D eigenvalue weighted by Crippen LogP contribution is -2.40. The Morgan fingerprint density at radius 1 is 1.00 bits per heavy atom. The summed E-state index contributed by atoms with van der Waals surface area (Å²) in [5, 5.41) is 3.08. The van der Waals surface area contributed by atoms with E-state index in [2.05, 4.69) is 27.3 Å². The number of piperidine rings is 1. The summed E-state index contributed by atoms with van der Waals surface area (Å²) in [4.78, 5) is 44.0. The predicted octanol–water partition coefficient (Wildman–Crippen LogP) is 4.45. The maximum atomic E-state index is 13.0.